The molecule has 4 unspecified atom stereocenters. The maximum absolute atomic E-state index is 11.4. The number of nitrogens with zero attached hydrogens (tertiary/aromatic N) is 3. The van der Waals surface area contributed by atoms with Crippen molar-refractivity contribution in [1.82, 2.24) is 14.9 Å². The third-order valence-corrected chi connectivity index (χ3v) is 7.06. The Bertz CT molecular complexity index is 785. The number of hydrogen-bond acceptors (Lipinski definition) is 4. The van der Waals surface area contributed by atoms with Gasteiger partial charge in [0, 0.05) is 30.2 Å². The summed E-state index contributed by atoms with van der Waals surface area (Å²) in [5.41, 5.74) is 1.58. The summed E-state index contributed by atoms with van der Waals surface area (Å²) >= 11 is 3.52. The van der Waals surface area contributed by atoms with Gasteiger partial charge >= 0.3 is 0 Å². The van der Waals surface area contributed by atoms with Gasteiger partial charge in [0.05, 0.1) is 10.2 Å². The van der Waals surface area contributed by atoms with Crippen LogP contribution in [-0.2, 0) is 12.1 Å². The van der Waals surface area contributed by atoms with Crippen LogP contribution in [0.4, 0.5) is 0 Å². The number of rotatable bonds is 3. The lowest BCUT2D eigenvalue weighted by atomic mass is 9.53. The molecule has 2 aliphatic carbocycles. The van der Waals surface area contributed by atoms with Gasteiger partial charge in [0.2, 0.25) is 0 Å². The van der Waals surface area contributed by atoms with E-state index in [4.69, 9.17) is 0 Å². The molecule has 2 aromatic rings. The second-order valence-electron chi connectivity index (χ2n) is 7.59. The molecule has 24 heavy (non-hydrogen) atoms. The van der Waals surface area contributed by atoms with E-state index in [-0.39, 0.29) is 0 Å². The molecule has 2 heterocycles. The SMILES string of the molecule is OC1(c2ncncc2Br)CC2N(Cc3ccccc3)C3CCC32C1. The standard InChI is InChI=1S/C19H20BrN3O/c20-14-9-21-12-22-17(14)19(24)8-16-18(11-19)7-6-15(18)23(16)10-13-4-2-1-3-5-13/h1-5,9,12,15-16,24H,6-8,10-11H2. The van der Waals surface area contributed by atoms with E-state index in [1.807, 2.05) is 0 Å². The van der Waals surface area contributed by atoms with Crippen molar-refractivity contribution in [2.45, 2.75) is 49.9 Å². The summed E-state index contributed by atoms with van der Waals surface area (Å²) in [6.07, 6.45) is 7.36. The highest BCUT2D eigenvalue weighted by atomic mass is 79.9. The Hall–Kier alpha value is -1.30. The summed E-state index contributed by atoms with van der Waals surface area (Å²) in [7, 11) is 0. The van der Waals surface area contributed by atoms with Crippen LogP contribution in [0.2, 0.25) is 0 Å². The zero-order chi connectivity index (χ0) is 16.4. The normalized spacial score (nSPS) is 37.2. The molecule has 4 atom stereocenters. The first-order valence-electron chi connectivity index (χ1n) is 8.60. The van der Waals surface area contributed by atoms with Gasteiger partial charge in [-0.3, -0.25) is 4.90 Å². The highest BCUT2D eigenvalue weighted by molar-refractivity contribution is 9.10. The lowest BCUT2D eigenvalue weighted by Gasteiger charge is -2.68. The molecule has 4 nitrogen and oxygen atoms in total. The smallest absolute Gasteiger partial charge is 0.115 e. The molecule has 0 radical (unpaired) electrons. The van der Waals surface area contributed by atoms with Gasteiger partial charge in [-0.2, -0.15) is 0 Å². The quantitative estimate of drug-likeness (QED) is 0.880. The Balaban J connectivity index is 1.43. The Morgan fingerprint density at radius 1 is 1.25 bits per heavy atom. The molecule has 1 aromatic carbocycles. The molecule has 1 saturated heterocycles. The van der Waals surface area contributed by atoms with E-state index < -0.39 is 5.60 Å². The summed E-state index contributed by atoms with van der Waals surface area (Å²) in [4.78, 5) is 11.0. The number of piperidine rings is 1. The molecule has 3 aliphatic rings. The average molecular weight is 386 g/mol. The number of aliphatic hydroxyl groups is 1. The van der Waals surface area contributed by atoms with E-state index in [2.05, 4.69) is 61.1 Å². The number of benzene rings is 1. The number of aromatic nitrogens is 2. The Labute approximate surface area is 150 Å². The van der Waals surface area contributed by atoms with Crippen molar-refractivity contribution < 1.29 is 5.11 Å². The molecular weight excluding hydrogens is 366 g/mol. The van der Waals surface area contributed by atoms with Crippen LogP contribution in [0.1, 0.15) is 36.9 Å². The van der Waals surface area contributed by atoms with Gasteiger partial charge in [-0.15, -0.1) is 0 Å². The molecule has 0 bridgehead atoms. The van der Waals surface area contributed by atoms with Crippen LogP contribution >= 0.6 is 15.9 Å². The maximum atomic E-state index is 11.4. The van der Waals surface area contributed by atoms with Crippen LogP contribution in [0.25, 0.3) is 0 Å². The molecule has 1 N–H and O–H groups in total. The van der Waals surface area contributed by atoms with E-state index >= 15 is 0 Å². The van der Waals surface area contributed by atoms with Crippen molar-refractivity contribution in [3.8, 4) is 0 Å². The van der Waals surface area contributed by atoms with Gasteiger partial charge in [-0.05, 0) is 47.2 Å². The fraction of sp³-hybridized carbons (Fsp3) is 0.474. The lowest BCUT2D eigenvalue weighted by molar-refractivity contribution is -0.194. The molecule has 5 heteroatoms. The topological polar surface area (TPSA) is 49.3 Å². The van der Waals surface area contributed by atoms with Crippen molar-refractivity contribution in [3.63, 3.8) is 0 Å². The number of hydrogen-bond donors (Lipinski definition) is 1. The molecule has 2 saturated carbocycles. The first-order valence-corrected chi connectivity index (χ1v) is 9.40. The third-order valence-electron chi connectivity index (χ3n) is 6.48. The van der Waals surface area contributed by atoms with Gasteiger partial charge in [0.1, 0.15) is 11.9 Å². The van der Waals surface area contributed by atoms with Gasteiger partial charge in [0.25, 0.3) is 0 Å². The molecule has 124 valence electrons. The van der Waals surface area contributed by atoms with Gasteiger partial charge < -0.3 is 5.11 Å². The van der Waals surface area contributed by atoms with Crippen LogP contribution in [0.3, 0.4) is 0 Å². The Morgan fingerprint density at radius 2 is 2.08 bits per heavy atom. The van der Waals surface area contributed by atoms with E-state index in [0.29, 0.717) is 17.5 Å². The predicted octanol–water partition coefficient (Wildman–Crippen LogP) is 3.25. The number of likely N-dealkylation sites (tertiary alicyclic amines) is 1. The van der Waals surface area contributed by atoms with Gasteiger partial charge in [-0.25, -0.2) is 9.97 Å². The van der Waals surface area contributed by atoms with E-state index in [1.165, 1.54) is 24.7 Å². The summed E-state index contributed by atoms with van der Waals surface area (Å²) < 4.78 is 0.815. The largest absolute Gasteiger partial charge is 0.383 e. The Morgan fingerprint density at radius 3 is 2.79 bits per heavy atom. The Kier molecular flexibility index (Phi) is 3.19. The molecule has 3 fully saturated rings. The van der Waals surface area contributed by atoms with Crippen molar-refractivity contribution in [2.24, 2.45) is 5.41 Å². The maximum Gasteiger partial charge on any atom is 0.115 e. The predicted molar refractivity (Wildman–Crippen MR) is 94.1 cm³/mol. The minimum atomic E-state index is -0.837. The fourth-order valence-corrected chi connectivity index (χ4v) is 6.02. The van der Waals surface area contributed by atoms with Crippen LogP contribution in [-0.4, -0.2) is 32.1 Å². The monoisotopic (exact) mass is 385 g/mol. The first-order chi connectivity index (χ1) is 11.6. The summed E-state index contributed by atoms with van der Waals surface area (Å²) in [5.74, 6) is 0. The summed E-state index contributed by atoms with van der Waals surface area (Å²) in [5, 5.41) is 11.4. The lowest BCUT2D eigenvalue weighted by Crippen LogP contribution is -2.74. The van der Waals surface area contributed by atoms with E-state index in [9.17, 15) is 5.11 Å². The van der Waals surface area contributed by atoms with Crippen molar-refractivity contribution in [1.29, 1.82) is 0 Å². The number of halogens is 1. The van der Waals surface area contributed by atoms with E-state index in [0.717, 1.165) is 29.6 Å². The van der Waals surface area contributed by atoms with E-state index in [1.54, 1.807) is 6.20 Å². The second kappa shape index (κ2) is 5.10. The van der Waals surface area contributed by atoms with Crippen molar-refractivity contribution >= 4 is 15.9 Å². The minimum Gasteiger partial charge on any atom is -0.383 e. The van der Waals surface area contributed by atoms with Crippen molar-refractivity contribution in [2.75, 3.05) is 0 Å². The van der Waals surface area contributed by atoms with Crippen LogP contribution in [0.15, 0.2) is 47.3 Å². The molecule has 1 aromatic heterocycles. The zero-order valence-corrected chi connectivity index (χ0v) is 15.0. The third kappa shape index (κ3) is 1.92. The molecule has 0 amide bonds. The molecule has 1 aliphatic heterocycles. The highest BCUT2D eigenvalue weighted by Crippen LogP contribution is 2.69. The summed E-state index contributed by atoms with van der Waals surface area (Å²) in [6, 6.07) is 11.7. The van der Waals surface area contributed by atoms with Crippen LogP contribution in [0.5, 0.6) is 0 Å². The average Bonchev–Trinajstić information content (AvgIpc) is 2.89. The van der Waals surface area contributed by atoms with Crippen LogP contribution < -0.4 is 0 Å². The van der Waals surface area contributed by atoms with Crippen molar-refractivity contribution in [3.05, 3.63) is 58.6 Å². The molecule has 1 spiro atoms. The van der Waals surface area contributed by atoms with Crippen LogP contribution in [0, 0.1) is 5.41 Å². The van der Waals surface area contributed by atoms with Gasteiger partial charge in [0.15, 0.2) is 0 Å². The zero-order valence-electron chi connectivity index (χ0n) is 13.4. The second-order valence-corrected chi connectivity index (χ2v) is 8.45. The molecular formula is C19H20BrN3O. The molecule has 5 rings (SSSR count). The highest BCUT2D eigenvalue weighted by Gasteiger charge is 2.72. The van der Waals surface area contributed by atoms with Gasteiger partial charge in [-0.1, -0.05) is 30.3 Å². The minimum absolute atomic E-state index is 0.300. The fourth-order valence-electron chi connectivity index (χ4n) is 5.43. The first kappa shape index (κ1) is 15.0. The summed E-state index contributed by atoms with van der Waals surface area (Å²) in [6.45, 7) is 0.985.